The molecule has 3 heteroatoms. The molecule has 0 aromatic rings. The van der Waals surface area contributed by atoms with Crippen molar-refractivity contribution in [3.05, 3.63) is 0 Å². The number of fused-ring (bicyclic) bond motifs is 1. The molecule has 1 N–H and O–H groups in total. The highest BCUT2D eigenvalue weighted by atomic mass is 16.3. The smallest absolute Gasteiger partial charge is 0.225 e. The molecule has 1 saturated heterocycles. The van der Waals surface area contributed by atoms with Crippen molar-refractivity contribution in [3.63, 3.8) is 0 Å². The summed E-state index contributed by atoms with van der Waals surface area (Å²) in [4.78, 5) is 13.8. The van der Waals surface area contributed by atoms with Crippen molar-refractivity contribution in [3.8, 4) is 0 Å². The van der Waals surface area contributed by atoms with E-state index >= 15 is 0 Å². The molecule has 1 amide bonds. The van der Waals surface area contributed by atoms with E-state index in [-0.39, 0.29) is 17.9 Å². The number of carbonyl (C=O) groups excluding carboxylic acids is 1. The minimum absolute atomic E-state index is 0.0855. The molecule has 0 unspecified atom stereocenters. The summed E-state index contributed by atoms with van der Waals surface area (Å²) in [6.07, 6.45) is 3.05. The standard InChI is InChI=1S/C12H21NO2/c1-8(2)12(15)13-6-9-4-3-5-11(14)10(9)7-13/h8-11,14H,3-7H2,1-2H3/t9-,10+,11-/m0/s1. The Morgan fingerprint density at radius 2 is 2.07 bits per heavy atom. The molecule has 2 aliphatic rings. The van der Waals surface area contributed by atoms with Gasteiger partial charge >= 0.3 is 0 Å². The number of nitrogens with zero attached hydrogens (tertiary/aromatic N) is 1. The van der Waals surface area contributed by atoms with E-state index in [1.54, 1.807) is 0 Å². The van der Waals surface area contributed by atoms with Gasteiger partial charge in [-0.2, -0.15) is 0 Å². The number of likely N-dealkylation sites (tertiary alicyclic amines) is 1. The Hall–Kier alpha value is -0.570. The summed E-state index contributed by atoms with van der Waals surface area (Å²) < 4.78 is 0. The van der Waals surface area contributed by atoms with Gasteiger partial charge in [0.2, 0.25) is 5.91 Å². The van der Waals surface area contributed by atoms with Crippen LogP contribution in [0.25, 0.3) is 0 Å². The number of amides is 1. The molecule has 2 rings (SSSR count). The zero-order chi connectivity index (χ0) is 11.0. The third-order valence-corrected chi connectivity index (χ3v) is 3.87. The molecule has 1 aliphatic carbocycles. The zero-order valence-electron chi connectivity index (χ0n) is 9.65. The van der Waals surface area contributed by atoms with Gasteiger partial charge in [-0.05, 0) is 18.8 Å². The summed E-state index contributed by atoms with van der Waals surface area (Å²) in [6, 6.07) is 0. The highest BCUT2D eigenvalue weighted by molar-refractivity contribution is 5.78. The van der Waals surface area contributed by atoms with E-state index in [0.29, 0.717) is 11.8 Å². The summed E-state index contributed by atoms with van der Waals surface area (Å²) in [5.41, 5.74) is 0. The van der Waals surface area contributed by atoms with Gasteiger partial charge in [0.1, 0.15) is 0 Å². The molecule has 0 bridgehead atoms. The number of hydrogen-bond donors (Lipinski definition) is 1. The van der Waals surface area contributed by atoms with Crippen molar-refractivity contribution < 1.29 is 9.90 Å². The molecule has 1 saturated carbocycles. The van der Waals surface area contributed by atoms with Gasteiger partial charge in [-0.25, -0.2) is 0 Å². The fraction of sp³-hybridized carbons (Fsp3) is 0.917. The van der Waals surface area contributed by atoms with Crippen molar-refractivity contribution in [2.24, 2.45) is 17.8 Å². The van der Waals surface area contributed by atoms with Gasteiger partial charge < -0.3 is 10.0 Å². The van der Waals surface area contributed by atoms with Crippen molar-refractivity contribution in [1.82, 2.24) is 4.90 Å². The van der Waals surface area contributed by atoms with Crippen LogP contribution in [0.3, 0.4) is 0 Å². The predicted molar refractivity (Wildman–Crippen MR) is 58.3 cm³/mol. The second kappa shape index (κ2) is 4.12. The van der Waals surface area contributed by atoms with E-state index in [1.807, 2.05) is 18.7 Å². The van der Waals surface area contributed by atoms with E-state index in [4.69, 9.17) is 0 Å². The van der Waals surface area contributed by atoms with E-state index in [9.17, 15) is 9.90 Å². The van der Waals surface area contributed by atoms with Crippen LogP contribution in [0.1, 0.15) is 33.1 Å². The fourth-order valence-electron chi connectivity index (χ4n) is 2.99. The molecule has 3 atom stereocenters. The second-order valence-corrected chi connectivity index (χ2v) is 5.32. The van der Waals surface area contributed by atoms with Crippen LogP contribution in [0.2, 0.25) is 0 Å². The number of carbonyl (C=O) groups is 1. The third kappa shape index (κ3) is 2.03. The monoisotopic (exact) mass is 211 g/mol. The van der Waals surface area contributed by atoms with Gasteiger partial charge in [0.25, 0.3) is 0 Å². The molecule has 1 aliphatic heterocycles. The highest BCUT2D eigenvalue weighted by Gasteiger charge is 2.41. The van der Waals surface area contributed by atoms with Crippen LogP contribution in [0.4, 0.5) is 0 Å². The molecule has 0 aromatic heterocycles. The summed E-state index contributed by atoms with van der Waals surface area (Å²) >= 11 is 0. The van der Waals surface area contributed by atoms with Gasteiger partial charge in [0, 0.05) is 24.9 Å². The molecular formula is C12H21NO2. The van der Waals surface area contributed by atoms with Crippen LogP contribution in [0, 0.1) is 17.8 Å². The van der Waals surface area contributed by atoms with Gasteiger partial charge in [-0.1, -0.05) is 20.3 Å². The van der Waals surface area contributed by atoms with Gasteiger partial charge in [-0.3, -0.25) is 4.79 Å². The molecule has 0 radical (unpaired) electrons. The quantitative estimate of drug-likeness (QED) is 0.709. The average Bonchev–Trinajstić information content (AvgIpc) is 2.61. The number of hydrogen-bond acceptors (Lipinski definition) is 2. The Labute approximate surface area is 91.5 Å². The normalized spacial score (nSPS) is 35.7. The van der Waals surface area contributed by atoms with Crippen LogP contribution in [-0.4, -0.2) is 35.1 Å². The van der Waals surface area contributed by atoms with Crippen molar-refractivity contribution >= 4 is 5.91 Å². The van der Waals surface area contributed by atoms with Crippen molar-refractivity contribution in [2.75, 3.05) is 13.1 Å². The SMILES string of the molecule is CC(C)C(=O)N1C[C@@H]2CCC[C@H](O)[C@@H]2C1. The maximum atomic E-state index is 11.8. The lowest BCUT2D eigenvalue weighted by Gasteiger charge is -2.28. The molecule has 0 spiro atoms. The Kier molecular flexibility index (Phi) is 3.01. The number of aliphatic hydroxyl groups is 1. The first kappa shape index (κ1) is 10.9. The van der Waals surface area contributed by atoms with Crippen LogP contribution in [0.5, 0.6) is 0 Å². The summed E-state index contributed by atoms with van der Waals surface area (Å²) in [5, 5.41) is 9.88. The molecule has 86 valence electrons. The van der Waals surface area contributed by atoms with Crippen molar-refractivity contribution in [1.29, 1.82) is 0 Å². The second-order valence-electron chi connectivity index (χ2n) is 5.32. The maximum absolute atomic E-state index is 11.8. The molecule has 2 fully saturated rings. The zero-order valence-corrected chi connectivity index (χ0v) is 9.65. The number of rotatable bonds is 1. The van der Waals surface area contributed by atoms with Gasteiger partial charge in [-0.15, -0.1) is 0 Å². The van der Waals surface area contributed by atoms with Crippen LogP contribution < -0.4 is 0 Å². The summed E-state index contributed by atoms with van der Waals surface area (Å²) in [5.74, 6) is 1.23. The summed E-state index contributed by atoms with van der Waals surface area (Å²) in [6.45, 7) is 5.54. The van der Waals surface area contributed by atoms with Crippen molar-refractivity contribution in [2.45, 2.75) is 39.2 Å². The molecule has 15 heavy (non-hydrogen) atoms. The molecule has 3 nitrogen and oxygen atoms in total. The Balaban J connectivity index is 2.01. The lowest BCUT2D eigenvalue weighted by molar-refractivity contribution is -0.133. The predicted octanol–water partition coefficient (Wildman–Crippen LogP) is 1.26. The summed E-state index contributed by atoms with van der Waals surface area (Å²) in [7, 11) is 0. The van der Waals surface area contributed by atoms with Crippen LogP contribution in [-0.2, 0) is 4.79 Å². The average molecular weight is 211 g/mol. The van der Waals surface area contributed by atoms with E-state index in [1.165, 1.54) is 6.42 Å². The first-order valence-corrected chi connectivity index (χ1v) is 6.06. The Morgan fingerprint density at radius 3 is 2.67 bits per heavy atom. The first-order chi connectivity index (χ1) is 7.09. The minimum Gasteiger partial charge on any atom is -0.393 e. The molecule has 1 heterocycles. The lowest BCUT2D eigenvalue weighted by Crippen LogP contribution is -2.34. The largest absolute Gasteiger partial charge is 0.393 e. The van der Waals surface area contributed by atoms with Crippen LogP contribution in [0.15, 0.2) is 0 Å². The number of aliphatic hydroxyl groups excluding tert-OH is 1. The van der Waals surface area contributed by atoms with E-state index in [2.05, 4.69) is 0 Å². The Bertz CT molecular complexity index is 252. The van der Waals surface area contributed by atoms with E-state index in [0.717, 1.165) is 25.9 Å². The minimum atomic E-state index is -0.172. The fourth-order valence-corrected chi connectivity index (χ4v) is 2.99. The first-order valence-electron chi connectivity index (χ1n) is 6.06. The van der Waals surface area contributed by atoms with Crippen LogP contribution >= 0.6 is 0 Å². The van der Waals surface area contributed by atoms with E-state index < -0.39 is 0 Å². The van der Waals surface area contributed by atoms with Gasteiger partial charge in [0.15, 0.2) is 0 Å². The molecular weight excluding hydrogens is 190 g/mol. The third-order valence-electron chi connectivity index (χ3n) is 3.87. The topological polar surface area (TPSA) is 40.5 Å². The maximum Gasteiger partial charge on any atom is 0.225 e. The highest BCUT2D eigenvalue weighted by Crippen LogP contribution is 2.36. The lowest BCUT2D eigenvalue weighted by atomic mass is 9.80. The Morgan fingerprint density at radius 1 is 1.33 bits per heavy atom. The van der Waals surface area contributed by atoms with Gasteiger partial charge in [0.05, 0.1) is 6.10 Å². The molecule has 0 aromatic carbocycles.